The lowest BCUT2D eigenvalue weighted by atomic mass is 9.95. The molecule has 1 N–H and O–H groups in total. The molecule has 2 rings (SSSR count). The van der Waals surface area contributed by atoms with Crippen LogP contribution in [0.5, 0.6) is 0 Å². The van der Waals surface area contributed by atoms with Gasteiger partial charge in [-0.3, -0.25) is 9.80 Å². The minimum atomic E-state index is -3.22. The van der Waals surface area contributed by atoms with Gasteiger partial charge < -0.3 is 5.11 Å². The van der Waals surface area contributed by atoms with Crippen LogP contribution < -0.4 is 0 Å². The van der Waals surface area contributed by atoms with Gasteiger partial charge in [0.15, 0.2) is 9.84 Å². The van der Waals surface area contributed by atoms with Crippen LogP contribution in [0.3, 0.4) is 0 Å². The maximum absolute atomic E-state index is 11.5. The quantitative estimate of drug-likeness (QED) is 0.796. The van der Waals surface area contributed by atoms with Crippen LogP contribution in [0.25, 0.3) is 0 Å². The molecule has 1 aliphatic heterocycles. The van der Waals surface area contributed by atoms with Crippen LogP contribution in [0.2, 0.25) is 0 Å². The number of sulfone groups is 1. The molecule has 0 aliphatic carbocycles. The van der Waals surface area contributed by atoms with E-state index in [1.165, 1.54) is 6.26 Å². The first-order valence-electron chi connectivity index (χ1n) is 7.63. The van der Waals surface area contributed by atoms with E-state index < -0.39 is 15.4 Å². The standard InChI is InChI=1S/C17H24N2O3S/c1-4-9-18-10-12-19(13-11-18)14-17(2,20)15-5-7-16(8-6-15)23(3,21)22/h1,5-8,20H,9-14H2,2-3H3. The highest BCUT2D eigenvalue weighted by molar-refractivity contribution is 7.90. The molecule has 1 unspecified atom stereocenters. The summed E-state index contributed by atoms with van der Waals surface area (Å²) < 4.78 is 23.0. The van der Waals surface area contributed by atoms with E-state index >= 15 is 0 Å². The molecule has 1 fully saturated rings. The van der Waals surface area contributed by atoms with Crippen molar-refractivity contribution in [3.8, 4) is 12.3 Å². The van der Waals surface area contributed by atoms with Gasteiger partial charge >= 0.3 is 0 Å². The van der Waals surface area contributed by atoms with E-state index in [-0.39, 0.29) is 4.90 Å². The zero-order valence-electron chi connectivity index (χ0n) is 13.7. The molecule has 5 nitrogen and oxygen atoms in total. The number of benzene rings is 1. The minimum Gasteiger partial charge on any atom is -0.384 e. The number of piperazine rings is 1. The molecule has 0 amide bonds. The summed E-state index contributed by atoms with van der Waals surface area (Å²) in [6.07, 6.45) is 6.50. The van der Waals surface area contributed by atoms with Gasteiger partial charge in [0.05, 0.1) is 17.0 Å². The normalized spacial score (nSPS) is 19.9. The van der Waals surface area contributed by atoms with E-state index in [9.17, 15) is 13.5 Å². The molecule has 0 saturated carbocycles. The Balaban J connectivity index is 2.01. The van der Waals surface area contributed by atoms with Crippen LogP contribution in [-0.4, -0.2) is 68.8 Å². The topological polar surface area (TPSA) is 60.9 Å². The van der Waals surface area contributed by atoms with Crippen molar-refractivity contribution in [2.45, 2.75) is 17.4 Å². The van der Waals surface area contributed by atoms with Gasteiger partial charge in [-0.25, -0.2) is 8.42 Å². The number of aliphatic hydroxyl groups is 1. The fraction of sp³-hybridized carbons (Fsp3) is 0.529. The summed E-state index contributed by atoms with van der Waals surface area (Å²) >= 11 is 0. The predicted octanol–water partition coefficient (Wildman–Crippen LogP) is 0.548. The second-order valence-electron chi connectivity index (χ2n) is 6.33. The Hall–Kier alpha value is -1.39. The second-order valence-corrected chi connectivity index (χ2v) is 8.34. The SMILES string of the molecule is C#CCN1CCN(CC(C)(O)c2ccc(S(C)(=O)=O)cc2)CC1. The van der Waals surface area contributed by atoms with Crippen molar-refractivity contribution < 1.29 is 13.5 Å². The molecule has 23 heavy (non-hydrogen) atoms. The van der Waals surface area contributed by atoms with Crippen molar-refractivity contribution in [1.82, 2.24) is 9.80 Å². The van der Waals surface area contributed by atoms with Gasteiger partial charge in [0, 0.05) is 39.0 Å². The molecule has 1 heterocycles. The molecule has 1 aliphatic rings. The number of β-amino-alcohol motifs (C(OH)–C–C–N with tert-alkyl or cyclic N) is 1. The van der Waals surface area contributed by atoms with Crippen LogP contribution >= 0.6 is 0 Å². The first-order chi connectivity index (χ1) is 10.7. The Morgan fingerprint density at radius 3 is 2.17 bits per heavy atom. The number of hydrogen-bond acceptors (Lipinski definition) is 5. The monoisotopic (exact) mass is 336 g/mol. The van der Waals surface area contributed by atoms with Gasteiger partial charge in [0.1, 0.15) is 0 Å². The maximum atomic E-state index is 11.5. The fourth-order valence-corrected chi connectivity index (χ4v) is 3.45. The first kappa shape index (κ1) is 18.0. The summed E-state index contributed by atoms with van der Waals surface area (Å²) in [6, 6.07) is 6.46. The second kappa shape index (κ2) is 7.02. The Morgan fingerprint density at radius 2 is 1.70 bits per heavy atom. The minimum absolute atomic E-state index is 0.264. The molecule has 0 aromatic heterocycles. The highest BCUT2D eigenvalue weighted by Gasteiger charge is 2.28. The van der Waals surface area contributed by atoms with E-state index in [0.29, 0.717) is 13.1 Å². The van der Waals surface area contributed by atoms with Crippen molar-refractivity contribution in [3.05, 3.63) is 29.8 Å². The van der Waals surface area contributed by atoms with Crippen molar-refractivity contribution in [2.75, 3.05) is 45.5 Å². The number of rotatable bonds is 5. The summed E-state index contributed by atoms with van der Waals surface area (Å²) in [7, 11) is -3.22. The average Bonchev–Trinajstić information content (AvgIpc) is 2.48. The summed E-state index contributed by atoms with van der Waals surface area (Å²) in [5.74, 6) is 2.65. The van der Waals surface area contributed by atoms with Crippen molar-refractivity contribution >= 4 is 9.84 Å². The van der Waals surface area contributed by atoms with E-state index in [1.54, 1.807) is 31.2 Å². The third-order valence-corrected chi connectivity index (χ3v) is 5.34. The number of hydrogen-bond donors (Lipinski definition) is 1. The van der Waals surface area contributed by atoms with Gasteiger partial charge in [0.25, 0.3) is 0 Å². The first-order valence-corrected chi connectivity index (χ1v) is 9.53. The largest absolute Gasteiger partial charge is 0.384 e. The van der Waals surface area contributed by atoms with Gasteiger partial charge in [0.2, 0.25) is 0 Å². The van der Waals surface area contributed by atoms with Crippen LogP contribution in [0.4, 0.5) is 0 Å². The van der Waals surface area contributed by atoms with E-state index in [2.05, 4.69) is 15.7 Å². The zero-order chi connectivity index (χ0) is 17.1. The Bertz CT molecular complexity index is 667. The number of nitrogens with zero attached hydrogens (tertiary/aromatic N) is 2. The van der Waals surface area contributed by atoms with Gasteiger partial charge in [-0.05, 0) is 24.6 Å². The van der Waals surface area contributed by atoms with E-state index in [1.807, 2.05) is 0 Å². The lowest BCUT2D eigenvalue weighted by Crippen LogP contribution is -2.50. The maximum Gasteiger partial charge on any atom is 0.175 e. The summed E-state index contributed by atoms with van der Waals surface area (Å²) in [5.41, 5.74) is -0.305. The van der Waals surface area contributed by atoms with Gasteiger partial charge in [-0.15, -0.1) is 6.42 Å². The summed E-state index contributed by atoms with van der Waals surface area (Å²) in [6.45, 7) is 6.45. The molecule has 0 spiro atoms. The van der Waals surface area contributed by atoms with Gasteiger partial charge in [-0.1, -0.05) is 18.1 Å². The third kappa shape index (κ3) is 4.79. The number of terminal acetylenes is 1. The van der Waals surface area contributed by atoms with E-state index in [4.69, 9.17) is 6.42 Å². The molecule has 6 heteroatoms. The van der Waals surface area contributed by atoms with Crippen LogP contribution in [0.1, 0.15) is 12.5 Å². The Kier molecular flexibility index (Phi) is 5.48. The van der Waals surface area contributed by atoms with Crippen molar-refractivity contribution in [2.24, 2.45) is 0 Å². The molecule has 1 atom stereocenters. The average molecular weight is 336 g/mol. The Labute approximate surface area is 138 Å². The van der Waals surface area contributed by atoms with Crippen LogP contribution in [0.15, 0.2) is 29.2 Å². The lowest BCUT2D eigenvalue weighted by Gasteiger charge is -2.37. The molecular weight excluding hydrogens is 312 g/mol. The highest BCUT2D eigenvalue weighted by Crippen LogP contribution is 2.24. The Morgan fingerprint density at radius 1 is 1.17 bits per heavy atom. The van der Waals surface area contributed by atoms with Crippen molar-refractivity contribution in [3.63, 3.8) is 0 Å². The molecular formula is C17H24N2O3S. The molecule has 1 aromatic carbocycles. The fourth-order valence-electron chi connectivity index (χ4n) is 2.82. The summed E-state index contributed by atoms with van der Waals surface area (Å²) in [4.78, 5) is 4.68. The third-order valence-electron chi connectivity index (χ3n) is 4.22. The van der Waals surface area contributed by atoms with Crippen molar-refractivity contribution in [1.29, 1.82) is 0 Å². The molecule has 1 aromatic rings. The lowest BCUT2D eigenvalue weighted by molar-refractivity contribution is 0.00184. The van der Waals surface area contributed by atoms with Gasteiger partial charge in [-0.2, -0.15) is 0 Å². The molecule has 1 saturated heterocycles. The van der Waals surface area contributed by atoms with Crippen LogP contribution in [0, 0.1) is 12.3 Å². The highest BCUT2D eigenvalue weighted by atomic mass is 32.2. The molecule has 0 bridgehead atoms. The predicted molar refractivity (Wildman–Crippen MR) is 90.8 cm³/mol. The summed E-state index contributed by atoms with van der Waals surface area (Å²) in [5, 5.41) is 10.8. The van der Waals surface area contributed by atoms with E-state index in [0.717, 1.165) is 31.7 Å². The molecule has 0 radical (unpaired) electrons. The molecule has 126 valence electrons. The smallest absolute Gasteiger partial charge is 0.175 e. The van der Waals surface area contributed by atoms with Crippen LogP contribution in [-0.2, 0) is 15.4 Å². The zero-order valence-corrected chi connectivity index (χ0v) is 14.5.